The topological polar surface area (TPSA) is 22.1 Å². The zero-order valence-corrected chi connectivity index (χ0v) is 12.5. The predicted octanol–water partition coefficient (Wildman–Crippen LogP) is 4.82. The van der Waals surface area contributed by atoms with Crippen molar-refractivity contribution < 1.29 is 4.74 Å². The van der Waals surface area contributed by atoms with Crippen molar-refractivity contribution in [1.82, 2.24) is 4.98 Å². The highest BCUT2D eigenvalue weighted by molar-refractivity contribution is 9.10. The molecule has 0 fully saturated rings. The Labute approximate surface area is 124 Å². The molecule has 2 nitrogen and oxygen atoms in total. The second kappa shape index (κ2) is 6.41. The highest BCUT2D eigenvalue weighted by atomic mass is 79.9. The molecule has 1 aromatic heterocycles. The van der Waals surface area contributed by atoms with Crippen molar-refractivity contribution in [2.75, 3.05) is 0 Å². The molecule has 0 saturated carbocycles. The molecule has 0 radical (unpaired) electrons. The third-order valence-electron chi connectivity index (χ3n) is 2.30. The Kier molecular flexibility index (Phi) is 4.87. The van der Waals surface area contributed by atoms with Crippen LogP contribution in [-0.4, -0.2) is 4.98 Å². The summed E-state index contributed by atoms with van der Waals surface area (Å²) >= 11 is 15.1. The maximum Gasteiger partial charge on any atom is 0.218 e. The number of hydrogen-bond acceptors (Lipinski definition) is 2. The summed E-state index contributed by atoms with van der Waals surface area (Å²) in [5.41, 5.74) is 1.85. The van der Waals surface area contributed by atoms with E-state index >= 15 is 0 Å². The van der Waals surface area contributed by atoms with Crippen LogP contribution in [0.5, 0.6) is 5.88 Å². The lowest BCUT2D eigenvalue weighted by atomic mass is 10.2. The first-order valence-corrected chi connectivity index (χ1v) is 6.97. The summed E-state index contributed by atoms with van der Waals surface area (Å²) in [4.78, 5) is 4.20. The van der Waals surface area contributed by atoms with Crippen LogP contribution < -0.4 is 4.74 Å². The maximum absolute atomic E-state index is 5.91. The van der Waals surface area contributed by atoms with E-state index in [1.165, 1.54) is 0 Å². The van der Waals surface area contributed by atoms with Crippen molar-refractivity contribution in [2.45, 2.75) is 12.5 Å². The van der Waals surface area contributed by atoms with Gasteiger partial charge in [-0.1, -0.05) is 23.7 Å². The van der Waals surface area contributed by atoms with Gasteiger partial charge in [-0.05, 0) is 39.7 Å². The molecule has 0 saturated heterocycles. The Morgan fingerprint density at radius 3 is 2.83 bits per heavy atom. The Morgan fingerprint density at radius 1 is 1.28 bits per heavy atom. The molecule has 0 amide bonds. The lowest BCUT2D eigenvalue weighted by molar-refractivity contribution is 0.291. The van der Waals surface area contributed by atoms with Crippen LogP contribution in [0.25, 0.3) is 0 Å². The minimum Gasteiger partial charge on any atom is -0.473 e. The average molecular weight is 347 g/mol. The maximum atomic E-state index is 5.91. The summed E-state index contributed by atoms with van der Waals surface area (Å²) in [6.45, 7) is 0.416. The Hall–Kier alpha value is -0.770. The molecule has 0 spiro atoms. The van der Waals surface area contributed by atoms with Crippen LogP contribution in [0.15, 0.2) is 41.0 Å². The number of benzene rings is 1. The summed E-state index contributed by atoms with van der Waals surface area (Å²) in [7, 11) is 0. The van der Waals surface area contributed by atoms with Gasteiger partial charge in [0.2, 0.25) is 5.88 Å². The number of rotatable bonds is 4. The third-order valence-corrected chi connectivity index (χ3v) is 3.26. The summed E-state index contributed by atoms with van der Waals surface area (Å²) in [5, 5.41) is 0.692. The van der Waals surface area contributed by atoms with Crippen LogP contribution >= 0.6 is 39.1 Å². The van der Waals surface area contributed by atoms with Gasteiger partial charge < -0.3 is 4.74 Å². The Balaban J connectivity index is 2.10. The fraction of sp³-hybridized carbons (Fsp3) is 0.154. The highest BCUT2D eigenvalue weighted by Crippen LogP contribution is 2.22. The van der Waals surface area contributed by atoms with Crippen LogP contribution in [-0.2, 0) is 12.5 Å². The van der Waals surface area contributed by atoms with E-state index in [2.05, 4.69) is 20.9 Å². The number of pyridine rings is 1. The largest absolute Gasteiger partial charge is 0.473 e. The van der Waals surface area contributed by atoms with Crippen molar-refractivity contribution in [3.8, 4) is 5.88 Å². The van der Waals surface area contributed by atoms with E-state index in [0.29, 0.717) is 23.4 Å². The second-order valence-corrected chi connectivity index (χ2v) is 5.29. The van der Waals surface area contributed by atoms with Crippen LogP contribution in [0.3, 0.4) is 0 Å². The summed E-state index contributed by atoms with van der Waals surface area (Å²) < 4.78 is 6.53. The van der Waals surface area contributed by atoms with E-state index in [-0.39, 0.29) is 0 Å². The first-order valence-electron chi connectivity index (χ1n) is 5.26. The van der Waals surface area contributed by atoms with Gasteiger partial charge in [0.05, 0.1) is 5.88 Å². The third kappa shape index (κ3) is 3.61. The normalized spacial score (nSPS) is 10.4. The van der Waals surface area contributed by atoms with Gasteiger partial charge in [0.15, 0.2) is 0 Å². The van der Waals surface area contributed by atoms with Gasteiger partial charge in [0, 0.05) is 21.3 Å². The molecule has 1 heterocycles. The minimum absolute atomic E-state index is 0.358. The lowest BCUT2D eigenvalue weighted by Crippen LogP contribution is -2.00. The molecule has 18 heavy (non-hydrogen) atoms. The monoisotopic (exact) mass is 345 g/mol. The summed E-state index contributed by atoms with van der Waals surface area (Å²) in [6, 6.07) is 9.42. The molecule has 0 aliphatic heterocycles. The van der Waals surface area contributed by atoms with Gasteiger partial charge in [0.1, 0.15) is 6.61 Å². The molecule has 0 bridgehead atoms. The Bertz CT molecular complexity index is 548. The molecule has 2 aromatic rings. The number of nitrogens with zero attached hydrogens (tertiary/aromatic N) is 1. The summed E-state index contributed by atoms with van der Waals surface area (Å²) in [5.74, 6) is 0.908. The quantitative estimate of drug-likeness (QED) is 0.741. The van der Waals surface area contributed by atoms with Crippen molar-refractivity contribution in [2.24, 2.45) is 0 Å². The molecule has 94 valence electrons. The number of ether oxygens (including phenoxy) is 1. The molecule has 1 aromatic carbocycles. The van der Waals surface area contributed by atoms with Crippen molar-refractivity contribution >= 4 is 39.1 Å². The van der Waals surface area contributed by atoms with Crippen LogP contribution in [0, 0.1) is 0 Å². The van der Waals surface area contributed by atoms with Gasteiger partial charge in [-0.3, -0.25) is 0 Å². The van der Waals surface area contributed by atoms with Gasteiger partial charge >= 0.3 is 0 Å². The molecule has 0 aliphatic carbocycles. The van der Waals surface area contributed by atoms with E-state index in [4.69, 9.17) is 27.9 Å². The first-order chi connectivity index (χ1) is 8.69. The Morgan fingerprint density at radius 2 is 2.11 bits per heavy atom. The number of alkyl halides is 1. The van der Waals surface area contributed by atoms with E-state index in [1.807, 2.05) is 30.3 Å². The number of hydrogen-bond donors (Lipinski definition) is 0. The van der Waals surface area contributed by atoms with Crippen molar-refractivity contribution in [3.05, 3.63) is 57.2 Å². The minimum atomic E-state index is 0.358. The molecule has 0 unspecified atom stereocenters. The van der Waals surface area contributed by atoms with Gasteiger partial charge in [-0.15, -0.1) is 11.6 Å². The SMILES string of the molecule is ClCc1cc(Br)cnc1OCc1cccc(Cl)c1. The van der Waals surface area contributed by atoms with E-state index < -0.39 is 0 Å². The molecule has 0 aliphatic rings. The highest BCUT2D eigenvalue weighted by Gasteiger charge is 2.06. The second-order valence-electron chi connectivity index (χ2n) is 3.67. The van der Waals surface area contributed by atoms with E-state index in [0.717, 1.165) is 15.6 Å². The van der Waals surface area contributed by atoms with Crippen LogP contribution in [0.2, 0.25) is 5.02 Å². The molecule has 0 N–H and O–H groups in total. The molecule has 0 atom stereocenters. The number of aromatic nitrogens is 1. The van der Waals surface area contributed by atoms with Gasteiger partial charge in [0.25, 0.3) is 0 Å². The zero-order chi connectivity index (χ0) is 13.0. The van der Waals surface area contributed by atoms with Crippen molar-refractivity contribution in [3.63, 3.8) is 0 Å². The number of halogens is 3. The molecular formula is C13H10BrCl2NO. The van der Waals surface area contributed by atoms with Crippen molar-refractivity contribution in [1.29, 1.82) is 0 Å². The first kappa shape index (κ1) is 13.7. The lowest BCUT2D eigenvalue weighted by Gasteiger charge is -2.09. The summed E-state index contributed by atoms with van der Waals surface area (Å²) in [6.07, 6.45) is 1.68. The smallest absolute Gasteiger partial charge is 0.218 e. The van der Waals surface area contributed by atoms with E-state index in [9.17, 15) is 0 Å². The standard InChI is InChI=1S/C13H10BrCl2NO/c14-11-5-10(6-15)13(17-7-11)18-8-9-2-1-3-12(16)4-9/h1-5,7H,6,8H2. The van der Waals surface area contributed by atoms with E-state index in [1.54, 1.807) is 6.20 Å². The molecule has 2 rings (SSSR count). The fourth-order valence-electron chi connectivity index (χ4n) is 1.47. The molecule has 5 heteroatoms. The molecular weight excluding hydrogens is 337 g/mol. The fourth-order valence-corrected chi connectivity index (χ4v) is 2.26. The predicted molar refractivity (Wildman–Crippen MR) is 77.3 cm³/mol. The zero-order valence-electron chi connectivity index (χ0n) is 9.37. The van der Waals surface area contributed by atoms with Crippen LogP contribution in [0.1, 0.15) is 11.1 Å². The van der Waals surface area contributed by atoms with Gasteiger partial charge in [-0.25, -0.2) is 4.98 Å². The van der Waals surface area contributed by atoms with Crippen LogP contribution in [0.4, 0.5) is 0 Å². The van der Waals surface area contributed by atoms with Gasteiger partial charge in [-0.2, -0.15) is 0 Å². The average Bonchev–Trinajstić information content (AvgIpc) is 2.37.